The van der Waals surface area contributed by atoms with E-state index >= 15 is 0 Å². The minimum Gasteiger partial charge on any atom is -0.379 e. The molecule has 0 aromatic carbocycles. The van der Waals surface area contributed by atoms with Crippen molar-refractivity contribution in [3.8, 4) is 0 Å². The Balaban J connectivity index is 1.83. The van der Waals surface area contributed by atoms with Crippen LogP contribution < -0.4 is 0 Å². The first-order valence-corrected chi connectivity index (χ1v) is 10.9. The number of aliphatic hydroxyl groups is 1. The van der Waals surface area contributed by atoms with Gasteiger partial charge in [0.05, 0.1) is 0 Å². The standard InChI is InChI=1S/C22H42N2O/c1-3-4-5-6-7-8-9-10-11-12-13-14-15-16-17-18-22-23-19-20-24(22)21(2)25/h16-17,19,21-22,25H,3-15,18,20H2,1-2H3/b17-16+. The molecule has 1 rings (SSSR count). The van der Waals surface area contributed by atoms with Crippen LogP contribution in [0.4, 0.5) is 0 Å². The van der Waals surface area contributed by atoms with Crippen LogP contribution in [0.15, 0.2) is 17.1 Å². The highest BCUT2D eigenvalue weighted by molar-refractivity contribution is 5.62. The molecule has 146 valence electrons. The first-order chi connectivity index (χ1) is 12.3. The predicted molar refractivity (Wildman–Crippen MR) is 110 cm³/mol. The summed E-state index contributed by atoms with van der Waals surface area (Å²) in [6.45, 7) is 4.87. The highest BCUT2D eigenvalue weighted by Gasteiger charge is 2.22. The molecule has 1 aliphatic rings. The van der Waals surface area contributed by atoms with E-state index < -0.39 is 6.23 Å². The number of hydrogen-bond acceptors (Lipinski definition) is 3. The van der Waals surface area contributed by atoms with Crippen molar-refractivity contribution < 1.29 is 5.11 Å². The first kappa shape index (κ1) is 22.4. The number of aliphatic imine (C=N–C) groups is 1. The molecule has 0 aromatic heterocycles. The predicted octanol–water partition coefficient (Wildman–Crippen LogP) is 6.07. The van der Waals surface area contributed by atoms with E-state index in [0.717, 1.165) is 13.0 Å². The third kappa shape index (κ3) is 11.5. The van der Waals surface area contributed by atoms with Crippen molar-refractivity contribution >= 4 is 6.21 Å². The highest BCUT2D eigenvalue weighted by Crippen LogP contribution is 2.15. The van der Waals surface area contributed by atoms with Gasteiger partial charge >= 0.3 is 0 Å². The van der Waals surface area contributed by atoms with E-state index in [1.54, 1.807) is 0 Å². The van der Waals surface area contributed by atoms with Crippen LogP contribution in [0, 0.1) is 0 Å². The summed E-state index contributed by atoms with van der Waals surface area (Å²) in [5, 5.41) is 9.67. The van der Waals surface area contributed by atoms with Gasteiger partial charge in [-0.15, -0.1) is 0 Å². The Hall–Kier alpha value is -0.670. The normalized spacial score (nSPS) is 19.2. The molecule has 0 radical (unpaired) electrons. The van der Waals surface area contributed by atoms with E-state index in [-0.39, 0.29) is 6.17 Å². The maximum Gasteiger partial charge on any atom is 0.107 e. The molecule has 0 aliphatic carbocycles. The third-order valence-corrected chi connectivity index (χ3v) is 5.17. The topological polar surface area (TPSA) is 35.8 Å². The van der Waals surface area contributed by atoms with Gasteiger partial charge in [0.15, 0.2) is 0 Å². The summed E-state index contributed by atoms with van der Waals surface area (Å²) in [5.74, 6) is 0. The fourth-order valence-electron chi connectivity index (χ4n) is 3.51. The Morgan fingerprint density at radius 3 is 2.08 bits per heavy atom. The summed E-state index contributed by atoms with van der Waals surface area (Å²) in [5.41, 5.74) is 0. The fraction of sp³-hybridized carbons (Fsp3) is 0.864. The molecule has 3 heteroatoms. The monoisotopic (exact) mass is 350 g/mol. The molecule has 0 fully saturated rings. The van der Waals surface area contributed by atoms with Crippen LogP contribution in [-0.4, -0.2) is 35.2 Å². The number of nitrogens with zero attached hydrogens (tertiary/aromatic N) is 2. The molecule has 0 spiro atoms. The molecule has 3 nitrogen and oxygen atoms in total. The van der Waals surface area contributed by atoms with Gasteiger partial charge in [0.1, 0.15) is 12.4 Å². The van der Waals surface area contributed by atoms with Crippen LogP contribution in [0.3, 0.4) is 0 Å². The van der Waals surface area contributed by atoms with E-state index in [4.69, 9.17) is 0 Å². The van der Waals surface area contributed by atoms with Crippen LogP contribution in [0.2, 0.25) is 0 Å². The van der Waals surface area contributed by atoms with E-state index in [1.807, 2.05) is 18.0 Å². The second-order valence-corrected chi connectivity index (χ2v) is 7.53. The molecule has 0 saturated carbocycles. The Morgan fingerprint density at radius 1 is 0.960 bits per heavy atom. The Morgan fingerprint density at radius 2 is 1.52 bits per heavy atom. The van der Waals surface area contributed by atoms with Gasteiger partial charge in [-0.05, 0) is 19.8 Å². The first-order valence-electron chi connectivity index (χ1n) is 10.9. The maximum absolute atomic E-state index is 9.67. The molecule has 0 saturated heterocycles. The van der Waals surface area contributed by atoms with Crippen molar-refractivity contribution in [2.45, 2.75) is 116 Å². The third-order valence-electron chi connectivity index (χ3n) is 5.17. The summed E-state index contributed by atoms with van der Waals surface area (Å²) in [7, 11) is 0. The van der Waals surface area contributed by atoms with E-state index in [9.17, 15) is 5.11 Å². The summed E-state index contributed by atoms with van der Waals surface area (Å²) in [6.07, 6.45) is 25.2. The average molecular weight is 351 g/mol. The maximum atomic E-state index is 9.67. The van der Waals surface area contributed by atoms with Gasteiger partial charge in [0.25, 0.3) is 0 Å². The van der Waals surface area contributed by atoms with Crippen molar-refractivity contribution in [1.82, 2.24) is 4.90 Å². The average Bonchev–Trinajstić information content (AvgIpc) is 3.07. The molecule has 0 bridgehead atoms. The van der Waals surface area contributed by atoms with Crippen molar-refractivity contribution in [2.75, 3.05) is 6.54 Å². The van der Waals surface area contributed by atoms with Crippen LogP contribution in [-0.2, 0) is 0 Å². The van der Waals surface area contributed by atoms with Crippen molar-refractivity contribution in [1.29, 1.82) is 0 Å². The van der Waals surface area contributed by atoms with Crippen molar-refractivity contribution in [2.24, 2.45) is 4.99 Å². The number of allylic oxidation sites excluding steroid dienone is 1. The molecular formula is C22H42N2O. The number of hydrogen-bond donors (Lipinski definition) is 1. The van der Waals surface area contributed by atoms with Gasteiger partial charge in [-0.25, -0.2) is 0 Å². The van der Waals surface area contributed by atoms with Gasteiger partial charge in [0.2, 0.25) is 0 Å². The molecule has 1 heterocycles. The summed E-state index contributed by atoms with van der Waals surface area (Å²) < 4.78 is 0. The van der Waals surface area contributed by atoms with Crippen molar-refractivity contribution in [3.05, 3.63) is 12.2 Å². The van der Waals surface area contributed by atoms with Crippen LogP contribution >= 0.6 is 0 Å². The molecule has 1 aliphatic heterocycles. The van der Waals surface area contributed by atoms with Crippen LogP contribution in [0.5, 0.6) is 0 Å². The second kappa shape index (κ2) is 15.6. The minimum absolute atomic E-state index is 0.137. The molecule has 25 heavy (non-hydrogen) atoms. The van der Waals surface area contributed by atoms with E-state index in [1.165, 1.54) is 83.5 Å². The zero-order valence-corrected chi connectivity index (χ0v) is 16.8. The highest BCUT2D eigenvalue weighted by atomic mass is 16.3. The van der Waals surface area contributed by atoms with E-state index in [0.29, 0.717) is 0 Å². The van der Waals surface area contributed by atoms with Crippen LogP contribution in [0.1, 0.15) is 104 Å². The lowest BCUT2D eigenvalue weighted by atomic mass is 10.0. The Bertz CT molecular complexity index is 352. The van der Waals surface area contributed by atoms with Crippen molar-refractivity contribution in [3.63, 3.8) is 0 Å². The largest absolute Gasteiger partial charge is 0.379 e. The zero-order valence-electron chi connectivity index (χ0n) is 16.8. The smallest absolute Gasteiger partial charge is 0.107 e. The minimum atomic E-state index is -0.405. The van der Waals surface area contributed by atoms with Gasteiger partial charge < -0.3 is 5.11 Å². The SMILES string of the molecule is CCCCCCCCCCCCCC/C=C/CC1N=CCN1C(C)O. The molecule has 0 amide bonds. The Labute approximate surface area is 156 Å². The number of aliphatic hydroxyl groups excluding tert-OH is 1. The van der Waals surface area contributed by atoms with Gasteiger partial charge in [-0.2, -0.15) is 0 Å². The quantitative estimate of drug-likeness (QED) is 0.271. The molecule has 1 N–H and O–H groups in total. The number of rotatable bonds is 16. The lowest BCUT2D eigenvalue weighted by molar-refractivity contribution is 0.0106. The van der Waals surface area contributed by atoms with E-state index in [2.05, 4.69) is 24.1 Å². The molecular weight excluding hydrogens is 308 g/mol. The van der Waals surface area contributed by atoms with Crippen LogP contribution in [0.25, 0.3) is 0 Å². The van der Waals surface area contributed by atoms with Gasteiger partial charge in [0, 0.05) is 19.2 Å². The molecule has 2 unspecified atom stereocenters. The summed E-state index contributed by atoms with van der Waals surface area (Å²) in [6, 6.07) is 0. The summed E-state index contributed by atoms with van der Waals surface area (Å²) >= 11 is 0. The lowest BCUT2D eigenvalue weighted by Gasteiger charge is -2.24. The van der Waals surface area contributed by atoms with Gasteiger partial charge in [-0.1, -0.05) is 89.7 Å². The molecule has 0 aromatic rings. The zero-order chi connectivity index (χ0) is 18.2. The summed E-state index contributed by atoms with van der Waals surface area (Å²) in [4.78, 5) is 6.45. The molecule has 2 atom stereocenters. The lowest BCUT2D eigenvalue weighted by Crippen LogP contribution is -2.37. The Kier molecular flexibility index (Phi) is 13.9. The second-order valence-electron chi connectivity index (χ2n) is 7.53. The number of unbranched alkanes of at least 4 members (excludes halogenated alkanes) is 12. The van der Waals surface area contributed by atoms with Gasteiger partial charge in [-0.3, -0.25) is 9.89 Å². The fourth-order valence-corrected chi connectivity index (χ4v) is 3.51.